The van der Waals surface area contributed by atoms with Gasteiger partial charge in [-0.15, -0.1) is 0 Å². The molecule has 154 valence electrons. The number of rotatable bonds is 7. The Hall–Kier alpha value is -2.44. The summed E-state index contributed by atoms with van der Waals surface area (Å²) in [7, 11) is 0. The van der Waals surface area contributed by atoms with Crippen LogP contribution in [0.5, 0.6) is 0 Å². The average molecular weight is 418 g/mol. The molecule has 1 heterocycles. The Morgan fingerprint density at radius 1 is 1.03 bits per heavy atom. The van der Waals surface area contributed by atoms with Crippen molar-refractivity contribution in [1.29, 1.82) is 0 Å². The molecular weight excluding hydrogens is 393 g/mol. The van der Waals surface area contributed by atoms with Crippen LogP contribution in [-0.2, 0) is 16.0 Å². The molecule has 0 aromatic heterocycles. The van der Waals surface area contributed by atoms with Gasteiger partial charge in [0.15, 0.2) is 0 Å². The van der Waals surface area contributed by atoms with E-state index in [1.165, 1.54) is 24.3 Å². The number of likely N-dealkylation sites (tertiary alicyclic amines) is 1. The van der Waals surface area contributed by atoms with Gasteiger partial charge in [-0.1, -0.05) is 23.7 Å². The van der Waals surface area contributed by atoms with Gasteiger partial charge in [-0.2, -0.15) is 0 Å². The van der Waals surface area contributed by atoms with E-state index >= 15 is 0 Å². The van der Waals surface area contributed by atoms with Gasteiger partial charge in [-0.3, -0.25) is 14.5 Å². The lowest BCUT2D eigenvalue weighted by Crippen LogP contribution is -2.43. The maximum Gasteiger partial charge on any atom is 0.238 e. The fourth-order valence-corrected chi connectivity index (χ4v) is 3.54. The van der Waals surface area contributed by atoms with E-state index in [1.54, 1.807) is 0 Å². The Morgan fingerprint density at radius 2 is 1.69 bits per heavy atom. The smallest absolute Gasteiger partial charge is 0.238 e. The number of halogens is 2. The van der Waals surface area contributed by atoms with Gasteiger partial charge in [-0.25, -0.2) is 4.39 Å². The molecule has 2 aromatic carbocycles. The van der Waals surface area contributed by atoms with Crippen LogP contribution >= 0.6 is 11.6 Å². The molecule has 0 aliphatic carbocycles. The fourth-order valence-electron chi connectivity index (χ4n) is 3.42. The summed E-state index contributed by atoms with van der Waals surface area (Å²) in [4.78, 5) is 26.6. The van der Waals surface area contributed by atoms with Crippen molar-refractivity contribution in [2.45, 2.75) is 19.3 Å². The van der Waals surface area contributed by atoms with E-state index in [4.69, 9.17) is 11.6 Å². The molecule has 2 N–H and O–H groups in total. The molecule has 7 heteroatoms. The Balaban J connectivity index is 1.34. The topological polar surface area (TPSA) is 61.4 Å². The quantitative estimate of drug-likeness (QED) is 0.725. The van der Waals surface area contributed by atoms with Crippen molar-refractivity contribution in [2.24, 2.45) is 5.92 Å². The van der Waals surface area contributed by atoms with Crippen molar-refractivity contribution in [3.05, 3.63) is 64.9 Å². The number of anilines is 1. The van der Waals surface area contributed by atoms with Crippen molar-refractivity contribution in [2.75, 3.05) is 31.5 Å². The highest BCUT2D eigenvalue weighted by atomic mass is 35.5. The van der Waals surface area contributed by atoms with E-state index in [9.17, 15) is 14.0 Å². The van der Waals surface area contributed by atoms with E-state index in [1.807, 2.05) is 29.2 Å². The second-order valence-corrected chi connectivity index (χ2v) is 7.71. The summed E-state index contributed by atoms with van der Waals surface area (Å²) in [5.74, 6) is -0.412. The third kappa shape index (κ3) is 6.84. The zero-order valence-electron chi connectivity index (χ0n) is 16.2. The number of carbonyl (C=O) groups is 2. The van der Waals surface area contributed by atoms with Gasteiger partial charge < -0.3 is 10.6 Å². The third-order valence-corrected chi connectivity index (χ3v) is 5.33. The SMILES string of the molecule is O=C(CN1CCC(C(=O)NCCc2ccc(Cl)cc2)CC1)Nc1ccc(F)cc1. The zero-order chi connectivity index (χ0) is 20.6. The van der Waals surface area contributed by atoms with E-state index in [0.717, 1.165) is 24.8 Å². The third-order valence-electron chi connectivity index (χ3n) is 5.08. The maximum absolute atomic E-state index is 12.9. The second kappa shape index (κ2) is 10.4. The molecule has 0 spiro atoms. The monoisotopic (exact) mass is 417 g/mol. The summed E-state index contributed by atoms with van der Waals surface area (Å²) in [5, 5.41) is 6.47. The van der Waals surface area contributed by atoms with E-state index < -0.39 is 0 Å². The number of amides is 2. The van der Waals surface area contributed by atoms with Crippen LogP contribution in [0, 0.1) is 11.7 Å². The van der Waals surface area contributed by atoms with Crippen molar-refractivity contribution in [3.63, 3.8) is 0 Å². The summed E-state index contributed by atoms with van der Waals surface area (Å²) < 4.78 is 12.9. The predicted octanol–water partition coefficient (Wildman–Crippen LogP) is 3.49. The normalized spacial score (nSPS) is 15.1. The molecule has 1 saturated heterocycles. The first-order valence-electron chi connectivity index (χ1n) is 9.79. The standard InChI is InChI=1S/C22H25ClFN3O2/c23-18-3-1-16(2-4-18)9-12-25-22(29)17-10-13-27(14-11-17)15-21(28)26-20-7-5-19(24)6-8-20/h1-8,17H,9-15H2,(H,25,29)(H,26,28). The summed E-state index contributed by atoms with van der Waals surface area (Å²) in [6, 6.07) is 13.3. The lowest BCUT2D eigenvalue weighted by atomic mass is 9.96. The Bertz CT molecular complexity index is 819. The molecule has 0 atom stereocenters. The van der Waals surface area contributed by atoms with Crippen LogP contribution in [0.15, 0.2) is 48.5 Å². The van der Waals surface area contributed by atoms with E-state index in [0.29, 0.717) is 30.3 Å². The van der Waals surface area contributed by atoms with Crippen LogP contribution in [0.25, 0.3) is 0 Å². The zero-order valence-corrected chi connectivity index (χ0v) is 16.9. The first kappa shape index (κ1) is 21.3. The highest BCUT2D eigenvalue weighted by molar-refractivity contribution is 6.30. The second-order valence-electron chi connectivity index (χ2n) is 7.27. The van der Waals surface area contributed by atoms with E-state index in [2.05, 4.69) is 10.6 Å². The van der Waals surface area contributed by atoms with Crippen molar-refractivity contribution in [1.82, 2.24) is 10.2 Å². The summed E-state index contributed by atoms with van der Waals surface area (Å²) in [6.45, 7) is 2.27. The molecule has 5 nitrogen and oxygen atoms in total. The number of hydrogen-bond donors (Lipinski definition) is 2. The maximum atomic E-state index is 12.9. The molecular formula is C22H25ClFN3O2. The van der Waals surface area contributed by atoms with Crippen LogP contribution in [-0.4, -0.2) is 42.9 Å². The Morgan fingerprint density at radius 3 is 2.34 bits per heavy atom. The molecule has 1 aliphatic heterocycles. The highest BCUT2D eigenvalue weighted by Crippen LogP contribution is 2.18. The minimum Gasteiger partial charge on any atom is -0.356 e. The Labute approximate surface area is 175 Å². The minimum atomic E-state index is -0.337. The molecule has 0 saturated carbocycles. The van der Waals surface area contributed by atoms with Crippen LogP contribution in [0.3, 0.4) is 0 Å². The average Bonchev–Trinajstić information content (AvgIpc) is 2.71. The number of hydrogen-bond acceptors (Lipinski definition) is 3. The number of piperidine rings is 1. The van der Waals surface area contributed by atoms with Gasteiger partial charge in [0.1, 0.15) is 5.82 Å². The molecule has 0 bridgehead atoms. The highest BCUT2D eigenvalue weighted by Gasteiger charge is 2.25. The van der Waals surface area contributed by atoms with Gasteiger partial charge in [0.2, 0.25) is 11.8 Å². The predicted molar refractivity (Wildman–Crippen MR) is 112 cm³/mol. The van der Waals surface area contributed by atoms with Gasteiger partial charge in [-0.05, 0) is 74.3 Å². The molecule has 1 fully saturated rings. The summed E-state index contributed by atoms with van der Waals surface area (Å²) >= 11 is 5.87. The number of nitrogens with one attached hydrogen (secondary N) is 2. The van der Waals surface area contributed by atoms with Crippen LogP contribution < -0.4 is 10.6 Å². The van der Waals surface area contributed by atoms with Gasteiger partial charge in [0.25, 0.3) is 0 Å². The molecule has 3 rings (SSSR count). The first-order chi connectivity index (χ1) is 14.0. The molecule has 0 radical (unpaired) electrons. The number of nitrogens with zero attached hydrogens (tertiary/aromatic N) is 1. The molecule has 2 aromatic rings. The largest absolute Gasteiger partial charge is 0.356 e. The van der Waals surface area contributed by atoms with Crippen molar-refractivity contribution < 1.29 is 14.0 Å². The fraction of sp³-hybridized carbons (Fsp3) is 0.364. The van der Waals surface area contributed by atoms with Crippen LogP contribution in [0.4, 0.5) is 10.1 Å². The van der Waals surface area contributed by atoms with E-state index in [-0.39, 0.29) is 30.1 Å². The van der Waals surface area contributed by atoms with Gasteiger partial charge in [0.05, 0.1) is 6.54 Å². The number of carbonyl (C=O) groups excluding carboxylic acids is 2. The lowest BCUT2D eigenvalue weighted by molar-refractivity contribution is -0.126. The first-order valence-corrected chi connectivity index (χ1v) is 10.2. The number of benzene rings is 2. The van der Waals surface area contributed by atoms with Gasteiger partial charge >= 0.3 is 0 Å². The minimum absolute atomic E-state index is 0.0170. The van der Waals surface area contributed by atoms with Crippen molar-refractivity contribution >= 4 is 29.1 Å². The van der Waals surface area contributed by atoms with Crippen LogP contribution in [0.2, 0.25) is 5.02 Å². The molecule has 1 aliphatic rings. The summed E-state index contributed by atoms with van der Waals surface area (Å²) in [6.07, 6.45) is 2.23. The molecule has 0 unspecified atom stereocenters. The molecule has 2 amide bonds. The van der Waals surface area contributed by atoms with Crippen molar-refractivity contribution in [3.8, 4) is 0 Å². The Kier molecular flexibility index (Phi) is 7.61. The summed E-state index contributed by atoms with van der Waals surface area (Å²) in [5.41, 5.74) is 1.71. The molecule has 29 heavy (non-hydrogen) atoms. The lowest BCUT2D eigenvalue weighted by Gasteiger charge is -2.30. The van der Waals surface area contributed by atoms with Crippen LogP contribution in [0.1, 0.15) is 18.4 Å². The van der Waals surface area contributed by atoms with Gasteiger partial charge in [0, 0.05) is 23.2 Å².